The SMILES string of the molecule is O=C(Nc1ccc(C(c2ccccc2)(c2ccccc2)c2ccccc2)cc1)c1ccccc1. The van der Waals surface area contributed by atoms with Crippen molar-refractivity contribution < 1.29 is 4.79 Å². The van der Waals surface area contributed by atoms with Gasteiger partial charge in [0.25, 0.3) is 5.91 Å². The maximum Gasteiger partial charge on any atom is 0.255 e. The smallest absolute Gasteiger partial charge is 0.255 e. The predicted molar refractivity (Wildman–Crippen MR) is 139 cm³/mol. The van der Waals surface area contributed by atoms with Gasteiger partial charge in [0.2, 0.25) is 0 Å². The van der Waals surface area contributed by atoms with Gasteiger partial charge in [-0.2, -0.15) is 0 Å². The van der Waals surface area contributed by atoms with E-state index in [9.17, 15) is 4.79 Å². The number of hydrogen-bond acceptors (Lipinski definition) is 1. The highest BCUT2D eigenvalue weighted by atomic mass is 16.1. The lowest BCUT2D eigenvalue weighted by Gasteiger charge is -2.37. The highest BCUT2D eigenvalue weighted by molar-refractivity contribution is 6.04. The van der Waals surface area contributed by atoms with E-state index in [0.717, 1.165) is 11.3 Å². The molecule has 5 aromatic carbocycles. The summed E-state index contributed by atoms with van der Waals surface area (Å²) in [5, 5.41) is 3.02. The van der Waals surface area contributed by atoms with Crippen molar-refractivity contribution in [2.45, 2.75) is 5.41 Å². The van der Waals surface area contributed by atoms with Crippen molar-refractivity contribution in [3.05, 3.63) is 173 Å². The van der Waals surface area contributed by atoms with Gasteiger partial charge < -0.3 is 5.32 Å². The summed E-state index contributed by atoms with van der Waals surface area (Å²) in [4.78, 5) is 12.6. The van der Waals surface area contributed by atoms with Gasteiger partial charge in [0.1, 0.15) is 0 Å². The van der Waals surface area contributed by atoms with Crippen molar-refractivity contribution in [3.63, 3.8) is 0 Å². The van der Waals surface area contributed by atoms with E-state index in [2.05, 4.69) is 90.2 Å². The molecule has 164 valence electrons. The summed E-state index contributed by atoms with van der Waals surface area (Å²) in [6, 6.07) is 49.3. The quantitative estimate of drug-likeness (QED) is 0.276. The van der Waals surface area contributed by atoms with Crippen molar-refractivity contribution in [2.24, 2.45) is 0 Å². The van der Waals surface area contributed by atoms with Gasteiger partial charge in [-0.05, 0) is 46.5 Å². The number of nitrogens with one attached hydrogen (secondary N) is 1. The normalized spacial score (nSPS) is 11.1. The molecule has 1 N–H and O–H groups in total. The molecule has 0 aliphatic heterocycles. The van der Waals surface area contributed by atoms with E-state index in [1.54, 1.807) is 0 Å². The molecule has 34 heavy (non-hydrogen) atoms. The molecule has 0 atom stereocenters. The molecule has 2 nitrogen and oxygen atoms in total. The third-order valence-electron chi connectivity index (χ3n) is 6.23. The first-order valence-electron chi connectivity index (χ1n) is 11.4. The number of anilines is 1. The van der Waals surface area contributed by atoms with Crippen LogP contribution in [-0.2, 0) is 5.41 Å². The topological polar surface area (TPSA) is 29.1 Å². The minimum absolute atomic E-state index is 0.117. The molecule has 0 saturated heterocycles. The molecule has 1 amide bonds. The third kappa shape index (κ3) is 4.02. The van der Waals surface area contributed by atoms with Crippen LogP contribution in [-0.4, -0.2) is 5.91 Å². The molecule has 5 rings (SSSR count). The van der Waals surface area contributed by atoms with Gasteiger partial charge in [-0.25, -0.2) is 0 Å². The van der Waals surface area contributed by atoms with Crippen LogP contribution in [0.3, 0.4) is 0 Å². The lowest BCUT2D eigenvalue weighted by molar-refractivity contribution is 0.102. The average Bonchev–Trinajstić information content (AvgIpc) is 2.92. The van der Waals surface area contributed by atoms with Gasteiger partial charge in [0.15, 0.2) is 0 Å². The molecule has 0 spiro atoms. The molecule has 0 saturated carbocycles. The highest BCUT2D eigenvalue weighted by Gasteiger charge is 2.38. The molecular formula is C32H25NO. The fraction of sp³-hybridized carbons (Fsp3) is 0.0312. The number of carbonyl (C=O) groups excluding carboxylic acids is 1. The summed E-state index contributed by atoms with van der Waals surface area (Å²) in [6.45, 7) is 0. The molecule has 0 heterocycles. The van der Waals surface area contributed by atoms with E-state index in [1.807, 2.05) is 60.7 Å². The Morgan fingerprint density at radius 1 is 0.441 bits per heavy atom. The maximum absolute atomic E-state index is 12.6. The Bertz CT molecular complexity index is 1250. The summed E-state index contributed by atoms with van der Waals surface area (Å²) in [5.74, 6) is -0.117. The van der Waals surface area contributed by atoms with E-state index in [0.29, 0.717) is 5.56 Å². The first-order valence-corrected chi connectivity index (χ1v) is 11.4. The van der Waals surface area contributed by atoms with Crippen LogP contribution in [0.2, 0.25) is 0 Å². The van der Waals surface area contributed by atoms with E-state index in [1.165, 1.54) is 16.7 Å². The van der Waals surface area contributed by atoms with Crippen LogP contribution >= 0.6 is 0 Å². The van der Waals surface area contributed by atoms with Crippen molar-refractivity contribution in [2.75, 3.05) is 5.32 Å². The summed E-state index contributed by atoms with van der Waals surface area (Å²) in [5.41, 5.74) is 5.61. The summed E-state index contributed by atoms with van der Waals surface area (Å²) >= 11 is 0. The van der Waals surface area contributed by atoms with Crippen molar-refractivity contribution in [1.29, 1.82) is 0 Å². The molecular weight excluding hydrogens is 414 g/mol. The second kappa shape index (κ2) is 9.60. The monoisotopic (exact) mass is 439 g/mol. The Kier molecular flexibility index (Phi) is 6.05. The number of carbonyl (C=O) groups is 1. The van der Waals surface area contributed by atoms with Gasteiger partial charge in [0, 0.05) is 11.3 Å². The second-order valence-corrected chi connectivity index (χ2v) is 8.25. The highest BCUT2D eigenvalue weighted by Crippen LogP contribution is 2.45. The third-order valence-corrected chi connectivity index (χ3v) is 6.23. The summed E-state index contributed by atoms with van der Waals surface area (Å²) in [7, 11) is 0. The Morgan fingerprint density at radius 2 is 0.794 bits per heavy atom. The Labute approximate surface area is 200 Å². The van der Waals surface area contributed by atoms with Crippen LogP contribution in [0.1, 0.15) is 32.6 Å². The Morgan fingerprint density at radius 3 is 1.21 bits per heavy atom. The lowest BCUT2D eigenvalue weighted by atomic mass is 9.65. The van der Waals surface area contributed by atoms with Crippen LogP contribution in [0.5, 0.6) is 0 Å². The molecule has 0 aromatic heterocycles. The standard InChI is InChI=1S/C32H25NO/c34-31(25-13-5-1-6-14-25)33-30-23-21-29(22-24-30)32(26-15-7-2-8-16-26,27-17-9-3-10-18-27)28-19-11-4-12-20-28/h1-24H,(H,33,34). The van der Waals surface area contributed by atoms with Crippen molar-refractivity contribution in [3.8, 4) is 0 Å². The zero-order chi connectivity index (χ0) is 23.2. The summed E-state index contributed by atoms with van der Waals surface area (Å²) < 4.78 is 0. The Balaban J connectivity index is 1.63. The number of rotatable bonds is 6. The molecule has 0 bridgehead atoms. The van der Waals surface area contributed by atoms with Crippen molar-refractivity contribution in [1.82, 2.24) is 0 Å². The fourth-order valence-corrected chi connectivity index (χ4v) is 4.66. The average molecular weight is 440 g/mol. The van der Waals surface area contributed by atoms with Crippen LogP contribution in [0.25, 0.3) is 0 Å². The zero-order valence-electron chi connectivity index (χ0n) is 18.8. The molecule has 0 aliphatic carbocycles. The Hall–Kier alpha value is -4.43. The molecule has 2 heteroatoms. The minimum atomic E-state index is -0.494. The van der Waals surface area contributed by atoms with E-state index < -0.39 is 5.41 Å². The molecule has 0 radical (unpaired) electrons. The van der Waals surface area contributed by atoms with Crippen LogP contribution in [0.4, 0.5) is 5.69 Å². The number of hydrogen-bond donors (Lipinski definition) is 1. The summed E-state index contributed by atoms with van der Waals surface area (Å²) in [6.07, 6.45) is 0. The van der Waals surface area contributed by atoms with Gasteiger partial charge in [0.05, 0.1) is 5.41 Å². The van der Waals surface area contributed by atoms with Gasteiger partial charge >= 0.3 is 0 Å². The second-order valence-electron chi connectivity index (χ2n) is 8.25. The van der Waals surface area contributed by atoms with Crippen LogP contribution in [0, 0.1) is 0 Å². The van der Waals surface area contributed by atoms with Gasteiger partial charge in [-0.1, -0.05) is 121 Å². The van der Waals surface area contributed by atoms with E-state index >= 15 is 0 Å². The molecule has 5 aromatic rings. The number of benzene rings is 5. The van der Waals surface area contributed by atoms with E-state index in [4.69, 9.17) is 0 Å². The fourth-order valence-electron chi connectivity index (χ4n) is 4.66. The van der Waals surface area contributed by atoms with Crippen LogP contribution in [0.15, 0.2) is 146 Å². The van der Waals surface area contributed by atoms with Gasteiger partial charge in [-0.15, -0.1) is 0 Å². The first-order chi connectivity index (χ1) is 16.8. The zero-order valence-corrected chi connectivity index (χ0v) is 18.8. The molecule has 0 unspecified atom stereocenters. The molecule has 0 fully saturated rings. The number of amides is 1. The van der Waals surface area contributed by atoms with Crippen LogP contribution < -0.4 is 5.32 Å². The van der Waals surface area contributed by atoms with Crippen molar-refractivity contribution >= 4 is 11.6 Å². The lowest BCUT2D eigenvalue weighted by Crippen LogP contribution is -2.31. The molecule has 0 aliphatic rings. The first kappa shape index (κ1) is 21.4. The van der Waals surface area contributed by atoms with E-state index in [-0.39, 0.29) is 5.91 Å². The largest absolute Gasteiger partial charge is 0.322 e. The minimum Gasteiger partial charge on any atom is -0.322 e. The predicted octanol–water partition coefficient (Wildman–Crippen LogP) is 7.32. The van der Waals surface area contributed by atoms with Gasteiger partial charge in [-0.3, -0.25) is 4.79 Å². The maximum atomic E-state index is 12.6.